The van der Waals surface area contributed by atoms with Crippen LogP contribution >= 0.6 is 0 Å². The van der Waals surface area contributed by atoms with E-state index in [1.807, 2.05) is 0 Å². The molecular weight excluding hydrogens is 220 g/mol. The standard InChI is InChI=1S/C12H10N2O3/c13-9(15)6-2-4-7-3-1-5-8-10(7)11(16)12(17)14-8/h1-5H,6H2,(H2,13,15)(H,14,16,17). The molecule has 0 saturated carbocycles. The Hall–Kier alpha value is -2.43. The predicted octanol–water partition coefficient (Wildman–Crippen LogP) is 0.710. The zero-order valence-electron chi connectivity index (χ0n) is 8.90. The van der Waals surface area contributed by atoms with Crippen molar-refractivity contribution < 1.29 is 14.4 Å². The molecule has 0 fully saturated rings. The second-order valence-corrected chi connectivity index (χ2v) is 3.63. The van der Waals surface area contributed by atoms with E-state index in [2.05, 4.69) is 5.32 Å². The Labute approximate surface area is 97.3 Å². The van der Waals surface area contributed by atoms with Crippen molar-refractivity contribution in [3.05, 3.63) is 35.4 Å². The van der Waals surface area contributed by atoms with Crippen LogP contribution < -0.4 is 11.1 Å². The van der Waals surface area contributed by atoms with Crippen molar-refractivity contribution in [1.82, 2.24) is 0 Å². The first-order valence-corrected chi connectivity index (χ1v) is 5.03. The molecule has 2 rings (SSSR count). The normalized spacial score (nSPS) is 13.9. The van der Waals surface area contributed by atoms with Crippen LogP contribution in [-0.2, 0) is 9.59 Å². The maximum absolute atomic E-state index is 11.6. The van der Waals surface area contributed by atoms with Gasteiger partial charge in [-0.2, -0.15) is 0 Å². The van der Waals surface area contributed by atoms with Gasteiger partial charge in [0.1, 0.15) is 0 Å². The number of nitrogens with two attached hydrogens (primary N) is 1. The molecule has 0 saturated heterocycles. The van der Waals surface area contributed by atoms with Gasteiger partial charge >= 0.3 is 0 Å². The number of Topliss-reactive ketones (excluding diaryl/α,β-unsaturated/α-hetero) is 1. The van der Waals surface area contributed by atoms with E-state index in [4.69, 9.17) is 5.73 Å². The Morgan fingerprint density at radius 1 is 1.35 bits per heavy atom. The van der Waals surface area contributed by atoms with Crippen molar-refractivity contribution in [3.8, 4) is 0 Å². The van der Waals surface area contributed by atoms with Gasteiger partial charge in [-0.15, -0.1) is 0 Å². The van der Waals surface area contributed by atoms with Gasteiger partial charge in [-0.1, -0.05) is 24.3 Å². The zero-order valence-corrected chi connectivity index (χ0v) is 8.90. The van der Waals surface area contributed by atoms with Gasteiger partial charge in [0.25, 0.3) is 11.7 Å². The summed E-state index contributed by atoms with van der Waals surface area (Å²) in [4.78, 5) is 33.4. The molecule has 0 aliphatic carbocycles. The summed E-state index contributed by atoms with van der Waals surface area (Å²) < 4.78 is 0. The van der Waals surface area contributed by atoms with Crippen LogP contribution in [0.15, 0.2) is 24.3 Å². The molecule has 0 bridgehead atoms. The van der Waals surface area contributed by atoms with E-state index in [0.717, 1.165) is 0 Å². The Kier molecular flexibility index (Phi) is 2.74. The van der Waals surface area contributed by atoms with Gasteiger partial charge in [0, 0.05) is 6.42 Å². The minimum absolute atomic E-state index is 0.0965. The SMILES string of the molecule is NC(=O)CC=Cc1cccc2c1C(=O)C(=O)N2. The molecular formula is C12H10N2O3. The summed E-state index contributed by atoms with van der Waals surface area (Å²) in [5.74, 6) is -1.63. The van der Waals surface area contributed by atoms with Gasteiger partial charge < -0.3 is 11.1 Å². The molecule has 1 aromatic carbocycles. The third-order valence-electron chi connectivity index (χ3n) is 2.39. The lowest BCUT2D eigenvalue weighted by atomic mass is 10.0. The molecule has 3 N–H and O–H groups in total. The highest BCUT2D eigenvalue weighted by Crippen LogP contribution is 2.27. The Morgan fingerprint density at radius 2 is 2.12 bits per heavy atom. The highest BCUT2D eigenvalue weighted by molar-refractivity contribution is 6.52. The van der Waals surface area contributed by atoms with Crippen LogP contribution in [0, 0.1) is 0 Å². The maximum atomic E-state index is 11.6. The van der Waals surface area contributed by atoms with E-state index in [0.29, 0.717) is 16.8 Å². The summed E-state index contributed by atoms with van der Waals surface area (Å²) in [5.41, 5.74) is 6.45. The number of hydrogen-bond donors (Lipinski definition) is 2. The summed E-state index contributed by atoms with van der Waals surface area (Å²) in [6.07, 6.45) is 3.27. The molecule has 0 atom stereocenters. The number of ketones is 1. The fourth-order valence-electron chi connectivity index (χ4n) is 1.66. The summed E-state index contributed by atoms with van der Waals surface area (Å²) >= 11 is 0. The molecule has 5 heteroatoms. The first-order chi connectivity index (χ1) is 8.09. The van der Waals surface area contributed by atoms with Crippen molar-refractivity contribution in [2.75, 3.05) is 5.32 Å². The summed E-state index contributed by atoms with van der Waals surface area (Å²) in [6.45, 7) is 0. The molecule has 5 nitrogen and oxygen atoms in total. The van der Waals surface area contributed by atoms with Crippen LogP contribution in [0.3, 0.4) is 0 Å². The summed E-state index contributed by atoms with van der Waals surface area (Å²) in [5, 5.41) is 2.47. The summed E-state index contributed by atoms with van der Waals surface area (Å²) in [6, 6.07) is 5.08. The van der Waals surface area contributed by atoms with Gasteiger partial charge in [-0.25, -0.2) is 0 Å². The Balaban J connectivity index is 2.35. The lowest BCUT2D eigenvalue weighted by Crippen LogP contribution is -2.12. The fraction of sp³-hybridized carbons (Fsp3) is 0.0833. The van der Waals surface area contributed by atoms with E-state index in [9.17, 15) is 14.4 Å². The largest absolute Gasteiger partial charge is 0.369 e. The number of amides is 2. The highest BCUT2D eigenvalue weighted by atomic mass is 16.2. The lowest BCUT2D eigenvalue weighted by Gasteiger charge is -2.00. The summed E-state index contributed by atoms with van der Waals surface area (Å²) in [7, 11) is 0. The van der Waals surface area contributed by atoms with Crippen molar-refractivity contribution in [2.24, 2.45) is 5.73 Å². The van der Waals surface area contributed by atoms with Crippen molar-refractivity contribution in [3.63, 3.8) is 0 Å². The van der Waals surface area contributed by atoms with Gasteiger partial charge in [-0.3, -0.25) is 14.4 Å². The molecule has 0 unspecified atom stereocenters. The van der Waals surface area contributed by atoms with Crippen LogP contribution in [0.1, 0.15) is 22.3 Å². The molecule has 0 radical (unpaired) electrons. The Morgan fingerprint density at radius 3 is 2.82 bits per heavy atom. The van der Waals surface area contributed by atoms with Gasteiger partial charge in [0.2, 0.25) is 5.91 Å². The van der Waals surface area contributed by atoms with E-state index in [1.165, 1.54) is 0 Å². The number of nitrogens with one attached hydrogen (secondary N) is 1. The van der Waals surface area contributed by atoms with E-state index < -0.39 is 17.6 Å². The van der Waals surface area contributed by atoms with E-state index in [-0.39, 0.29) is 6.42 Å². The maximum Gasteiger partial charge on any atom is 0.296 e. The van der Waals surface area contributed by atoms with Gasteiger partial charge in [0.15, 0.2) is 0 Å². The van der Waals surface area contributed by atoms with Crippen molar-refractivity contribution in [2.45, 2.75) is 6.42 Å². The first kappa shape index (κ1) is 11.1. The minimum Gasteiger partial charge on any atom is -0.369 e. The predicted molar refractivity (Wildman–Crippen MR) is 62.2 cm³/mol. The van der Waals surface area contributed by atoms with Crippen LogP contribution in [-0.4, -0.2) is 17.6 Å². The van der Waals surface area contributed by atoms with Crippen molar-refractivity contribution in [1.29, 1.82) is 0 Å². The lowest BCUT2D eigenvalue weighted by molar-refractivity contribution is -0.117. The second kappa shape index (κ2) is 4.21. The van der Waals surface area contributed by atoms with Crippen LogP contribution in [0.5, 0.6) is 0 Å². The number of rotatable bonds is 3. The highest BCUT2D eigenvalue weighted by Gasteiger charge is 2.29. The average molecular weight is 230 g/mol. The van der Waals surface area contributed by atoms with E-state index >= 15 is 0 Å². The quantitative estimate of drug-likeness (QED) is 0.749. The number of carbonyl (C=O) groups excluding carboxylic acids is 3. The molecule has 0 aromatic heterocycles. The van der Waals surface area contributed by atoms with Crippen LogP contribution in [0.4, 0.5) is 5.69 Å². The number of primary amides is 1. The van der Waals surface area contributed by atoms with Crippen LogP contribution in [0.25, 0.3) is 6.08 Å². The zero-order chi connectivity index (χ0) is 12.4. The number of benzene rings is 1. The average Bonchev–Trinajstić information content (AvgIpc) is 2.55. The third-order valence-corrected chi connectivity index (χ3v) is 2.39. The van der Waals surface area contributed by atoms with Gasteiger partial charge in [0.05, 0.1) is 11.3 Å². The number of anilines is 1. The monoisotopic (exact) mass is 230 g/mol. The fourth-order valence-corrected chi connectivity index (χ4v) is 1.66. The molecule has 17 heavy (non-hydrogen) atoms. The van der Waals surface area contributed by atoms with Crippen LogP contribution in [0.2, 0.25) is 0 Å². The molecule has 0 spiro atoms. The topological polar surface area (TPSA) is 89.3 Å². The minimum atomic E-state index is -0.629. The third kappa shape index (κ3) is 2.08. The first-order valence-electron chi connectivity index (χ1n) is 5.03. The number of fused-ring (bicyclic) bond motifs is 1. The molecule has 2 amide bonds. The van der Waals surface area contributed by atoms with Gasteiger partial charge in [-0.05, 0) is 11.6 Å². The smallest absolute Gasteiger partial charge is 0.296 e. The van der Waals surface area contributed by atoms with Crippen molar-refractivity contribution >= 4 is 29.4 Å². The number of hydrogen-bond acceptors (Lipinski definition) is 3. The molecule has 1 aromatic rings. The van der Waals surface area contributed by atoms with E-state index in [1.54, 1.807) is 30.4 Å². The Bertz CT molecular complexity index is 547. The number of carbonyl (C=O) groups is 3. The molecule has 1 aliphatic rings. The molecule has 1 aliphatic heterocycles. The second-order valence-electron chi connectivity index (χ2n) is 3.63. The molecule has 86 valence electrons. The molecule has 1 heterocycles.